The summed E-state index contributed by atoms with van der Waals surface area (Å²) in [5.41, 5.74) is 3.19. The molecule has 2 aromatic carbocycles. The van der Waals surface area contributed by atoms with E-state index in [1.165, 1.54) is 12.1 Å². The van der Waals surface area contributed by atoms with Crippen molar-refractivity contribution in [3.8, 4) is 0 Å². The zero-order chi connectivity index (χ0) is 18.1. The molecular formula is C20H27FIN3O. The van der Waals surface area contributed by atoms with Crippen LogP contribution in [0.5, 0.6) is 0 Å². The third-order valence-electron chi connectivity index (χ3n) is 3.64. The molecule has 2 aromatic rings. The monoisotopic (exact) mass is 471 g/mol. The molecule has 0 atom stereocenters. The van der Waals surface area contributed by atoms with E-state index in [1.807, 2.05) is 19.9 Å². The molecule has 2 N–H and O–H groups in total. The molecule has 0 amide bonds. The van der Waals surface area contributed by atoms with E-state index >= 15 is 0 Å². The summed E-state index contributed by atoms with van der Waals surface area (Å²) in [5.74, 6) is 0.445. The fourth-order valence-corrected chi connectivity index (χ4v) is 2.26. The number of benzene rings is 2. The van der Waals surface area contributed by atoms with Gasteiger partial charge in [0.2, 0.25) is 0 Å². The van der Waals surface area contributed by atoms with Crippen LogP contribution in [0.2, 0.25) is 0 Å². The first kappa shape index (κ1) is 22.4. The predicted octanol–water partition coefficient (Wildman–Crippen LogP) is 4.23. The molecule has 0 aliphatic heterocycles. The smallest absolute Gasteiger partial charge is 0.191 e. The van der Waals surface area contributed by atoms with Crippen molar-refractivity contribution in [3.63, 3.8) is 0 Å². The number of rotatable bonds is 7. The maximum Gasteiger partial charge on any atom is 0.191 e. The fourth-order valence-electron chi connectivity index (χ4n) is 2.26. The van der Waals surface area contributed by atoms with Crippen LogP contribution in [-0.4, -0.2) is 19.1 Å². The van der Waals surface area contributed by atoms with Gasteiger partial charge in [0.05, 0.1) is 12.7 Å². The molecular weight excluding hydrogens is 444 g/mol. The average molecular weight is 471 g/mol. The molecule has 0 spiro atoms. The molecule has 0 fully saturated rings. The molecule has 6 heteroatoms. The zero-order valence-electron chi connectivity index (χ0n) is 15.5. The summed E-state index contributed by atoms with van der Waals surface area (Å²) >= 11 is 0. The Morgan fingerprint density at radius 2 is 1.62 bits per heavy atom. The van der Waals surface area contributed by atoms with Crippen LogP contribution in [0.15, 0.2) is 53.5 Å². The van der Waals surface area contributed by atoms with E-state index in [1.54, 1.807) is 13.1 Å². The van der Waals surface area contributed by atoms with Crippen LogP contribution in [0.1, 0.15) is 30.5 Å². The summed E-state index contributed by atoms with van der Waals surface area (Å²) in [6.45, 7) is 5.86. The molecule has 26 heavy (non-hydrogen) atoms. The molecule has 0 radical (unpaired) electrons. The summed E-state index contributed by atoms with van der Waals surface area (Å²) in [6, 6.07) is 14.8. The summed E-state index contributed by atoms with van der Waals surface area (Å²) in [7, 11) is 1.72. The molecule has 0 saturated carbocycles. The second-order valence-electron chi connectivity index (χ2n) is 6.09. The van der Waals surface area contributed by atoms with Crippen LogP contribution in [0, 0.1) is 5.82 Å². The first-order valence-electron chi connectivity index (χ1n) is 8.45. The number of aliphatic imine (C=N–C) groups is 1. The first-order chi connectivity index (χ1) is 12.1. The minimum absolute atomic E-state index is 0. The van der Waals surface area contributed by atoms with Gasteiger partial charge in [-0.1, -0.05) is 36.4 Å². The largest absolute Gasteiger partial charge is 0.374 e. The van der Waals surface area contributed by atoms with Gasteiger partial charge in [-0.3, -0.25) is 4.99 Å². The van der Waals surface area contributed by atoms with Gasteiger partial charge in [-0.2, -0.15) is 0 Å². The van der Waals surface area contributed by atoms with Crippen molar-refractivity contribution < 1.29 is 9.13 Å². The van der Waals surface area contributed by atoms with Crippen LogP contribution in [0.3, 0.4) is 0 Å². The van der Waals surface area contributed by atoms with Gasteiger partial charge in [0.1, 0.15) is 5.82 Å². The highest BCUT2D eigenvalue weighted by Crippen LogP contribution is 2.07. The summed E-state index contributed by atoms with van der Waals surface area (Å²) in [4.78, 5) is 4.19. The van der Waals surface area contributed by atoms with Gasteiger partial charge in [0.15, 0.2) is 5.96 Å². The van der Waals surface area contributed by atoms with Crippen LogP contribution in [0.4, 0.5) is 4.39 Å². The Kier molecular flexibility index (Phi) is 10.2. The van der Waals surface area contributed by atoms with Crippen LogP contribution in [0.25, 0.3) is 0 Å². The maximum absolute atomic E-state index is 13.2. The highest BCUT2D eigenvalue weighted by molar-refractivity contribution is 14.0. The third-order valence-corrected chi connectivity index (χ3v) is 3.64. The standard InChI is InChI=1S/C20H26FN3O.HI/c1-15(2)25-14-17-9-7-16(8-10-17)12-23-20(22-3)24-13-18-5-4-6-19(21)11-18;/h4-11,15H,12-14H2,1-3H3,(H2,22,23,24);1H. The Morgan fingerprint density at radius 3 is 2.19 bits per heavy atom. The van der Waals surface area contributed by atoms with Gasteiger partial charge in [-0.05, 0) is 42.7 Å². The van der Waals surface area contributed by atoms with Crippen LogP contribution < -0.4 is 10.6 Å². The molecule has 0 unspecified atom stereocenters. The SMILES string of the molecule is CN=C(NCc1ccc(COC(C)C)cc1)NCc1cccc(F)c1.I. The normalized spacial score (nSPS) is 11.2. The molecule has 0 aromatic heterocycles. The van der Waals surface area contributed by atoms with E-state index < -0.39 is 0 Å². The van der Waals surface area contributed by atoms with Gasteiger partial charge in [0.25, 0.3) is 0 Å². The van der Waals surface area contributed by atoms with E-state index in [-0.39, 0.29) is 35.9 Å². The van der Waals surface area contributed by atoms with Gasteiger partial charge in [0, 0.05) is 20.1 Å². The second-order valence-corrected chi connectivity index (χ2v) is 6.09. The lowest BCUT2D eigenvalue weighted by Gasteiger charge is -2.13. The summed E-state index contributed by atoms with van der Waals surface area (Å²) in [6.07, 6.45) is 0.230. The Labute approximate surface area is 172 Å². The molecule has 2 rings (SSSR count). The van der Waals surface area contributed by atoms with Gasteiger partial charge in [-0.25, -0.2) is 4.39 Å². The quantitative estimate of drug-likeness (QED) is 0.361. The highest BCUT2D eigenvalue weighted by Gasteiger charge is 2.01. The van der Waals surface area contributed by atoms with E-state index in [4.69, 9.17) is 4.74 Å². The van der Waals surface area contributed by atoms with Crippen molar-refractivity contribution in [1.82, 2.24) is 10.6 Å². The Balaban J connectivity index is 0.00000338. The first-order valence-corrected chi connectivity index (χ1v) is 8.45. The minimum atomic E-state index is -0.233. The fraction of sp³-hybridized carbons (Fsp3) is 0.350. The average Bonchev–Trinajstić information content (AvgIpc) is 2.61. The molecule has 0 bridgehead atoms. The van der Waals surface area contributed by atoms with E-state index in [0.29, 0.717) is 25.7 Å². The Morgan fingerprint density at radius 1 is 1.00 bits per heavy atom. The second kappa shape index (κ2) is 11.9. The van der Waals surface area contributed by atoms with Crippen molar-refractivity contribution in [2.45, 2.75) is 39.6 Å². The third kappa shape index (κ3) is 8.14. The zero-order valence-corrected chi connectivity index (χ0v) is 17.8. The summed E-state index contributed by atoms with van der Waals surface area (Å²) in [5, 5.41) is 6.43. The number of guanidine groups is 1. The molecule has 0 aliphatic rings. The lowest BCUT2D eigenvalue weighted by Crippen LogP contribution is -2.36. The van der Waals surface area contributed by atoms with Crippen molar-refractivity contribution in [3.05, 3.63) is 71.0 Å². The van der Waals surface area contributed by atoms with Crippen molar-refractivity contribution in [2.24, 2.45) is 4.99 Å². The van der Waals surface area contributed by atoms with Gasteiger partial charge >= 0.3 is 0 Å². The highest BCUT2D eigenvalue weighted by atomic mass is 127. The van der Waals surface area contributed by atoms with E-state index in [2.05, 4.69) is 39.9 Å². The van der Waals surface area contributed by atoms with Crippen molar-refractivity contribution >= 4 is 29.9 Å². The molecule has 4 nitrogen and oxygen atoms in total. The number of nitrogens with one attached hydrogen (secondary N) is 2. The van der Waals surface area contributed by atoms with Crippen LogP contribution in [-0.2, 0) is 24.4 Å². The molecule has 0 heterocycles. The number of hydrogen-bond acceptors (Lipinski definition) is 2. The van der Waals surface area contributed by atoms with E-state index in [9.17, 15) is 4.39 Å². The summed E-state index contributed by atoms with van der Waals surface area (Å²) < 4.78 is 18.8. The lowest BCUT2D eigenvalue weighted by molar-refractivity contribution is 0.0657. The van der Waals surface area contributed by atoms with E-state index in [0.717, 1.165) is 16.7 Å². The topological polar surface area (TPSA) is 45.7 Å². The predicted molar refractivity (Wildman–Crippen MR) is 115 cm³/mol. The Bertz CT molecular complexity index is 690. The lowest BCUT2D eigenvalue weighted by atomic mass is 10.1. The van der Waals surface area contributed by atoms with Crippen molar-refractivity contribution in [1.29, 1.82) is 0 Å². The van der Waals surface area contributed by atoms with Crippen LogP contribution >= 0.6 is 24.0 Å². The number of nitrogens with zero attached hydrogens (tertiary/aromatic N) is 1. The Hall–Kier alpha value is -1.67. The minimum Gasteiger partial charge on any atom is -0.374 e. The van der Waals surface area contributed by atoms with Crippen molar-refractivity contribution in [2.75, 3.05) is 7.05 Å². The molecule has 142 valence electrons. The number of halogens is 2. The maximum atomic E-state index is 13.2. The number of ether oxygens (including phenoxy) is 1. The molecule has 0 saturated heterocycles. The van der Waals surface area contributed by atoms with Gasteiger partial charge < -0.3 is 15.4 Å². The van der Waals surface area contributed by atoms with Gasteiger partial charge in [-0.15, -0.1) is 24.0 Å². The number of hydrogen-bond donors (Lipinski definition) is 2. The molecule has 0 aliphatic carbocycles.